The third kappa shape index (κ3) is 6.20. The van der Waals surface area contributed by atoms with E-state index in [4.69, 9.17) is 9.47 Å². The van der Waals surface area contributed by atoms with E-state index in [0.29, 0.717) is 18.1 Å². The molecule has 0 bridgehead atoms. The highest BCUT2D eigenvalue weighted by atomic mass is 16.5. The van der Waals surface area contributed by atoms with Crippen LogP contribution in [-0.4, -0.2) is 35.4 Å². The minimum Gasteiger partial charge on any atom is -0.494 e. The van der Waals surface area contributed by atoms with Crippen molar-refractivity contribution >= 4 is 5.91 Å². The summed E-state index contributed by atoms with van der Waals surface area (Å²) >= 11 is 0. The molecule has 0 fully saturated rings. The number of amides is 1. The fourth-order valence-electron chi connectivity index (χ4n) is 2.73. The average molecular weight is 407 g/mol. The van der Waals surface area contributed by atoms with Crippen molar-refractivity contribution in [2.24, 2.45) is 0 Å². The number of carbonyl (C=O) groups excluding carboxylic acids is 1. The van der Waals surface area contributed by atoms with E-state index in [0.717, 1.165) is 17.7 Å². The quantitative estimate of drug-likeness (QED) is 0.559. The number of nitrogens with zero attached hydrogens (tertiary/aromatic N) is 2. The molecule has 0 aliphatic rings. The Labute approximate surface area is 175 Å². The van der Waals surface area contributed by atoms with Crippen LogP contribution in [-0.2, 0) is 11.3 Å². The number of rotatable bonds is 10. The van der Waals surface area contributed by atoms with Crippen LogP contribution >= 0.6 is 0 Å². The van der Waals surface area contributed by atoms with Crippen LogP contribution in [0.5, 0.6) is 11.5 Å². The standard InChI is InChI=1S/C23H25N3O4/c1-2-16-29-19-8-10-20(11-9-19)30-17-22(27)24-14-15-26-23(28)13-12-21(25-26)18-6-4-3-5-7-18/h3-13H,2,14-17H2,1H3,(H,24,27). The van der Waals surface area contributed by atoms with E-state index in [1.807, 2.05) is 37.3 Å². The molecule has 0 aliphatic carbocycles. The molecule has 7 nitrogen and oxygen atoms in total. The van der Waals surface area contributed by atoms with Gasteiger partial charge in [-0.1, -0.05) is 37.3 Å². The predicted molar refractivity (Wildman–Crippen MR) is 115 cm³/mol. The Morgan fingerprint density at radius 2 is 1.67 bits per heavy atom. The zero-order chi connectivity index (χ0) is 21.2. The Bertz CT molecular complexity index is 1000. The van der Waals surface area contributed by atoms with Gasteiger partial charge in [-0.15, -0.1) is 0 Å². The summed E-state index contributed by atoms with van der Waals surface area (Å²) < 4.78 is 12.3. The minimum atomic E-state index is -0.270. The summed E-state index contributed by atoms with van der Waals surface area (Å²) in [5.41, 5.74) is 1.41. The van der Waals surface area contributed by atoms with Crippen molar-refractivity contribution < 1.29 is 14.3 Å². The second-order valence-corrected chi connectivity index (χ2v) is 6.60. The Hall–Kier alpha value is -3.61. The van der Waals surface area contributed by atoms with Crippen molar-refractivity contribution in [2.45, 2.75) is 19.9 Å². The van der Waals surface area contributed by atoms with Gasteiger partial charge in [-0.05, 0) is 36.8 Å². The highest BCUT2D eigenvalue weighted by molar-refractivity contribution is 5.77. The van der Waals surface area contributed by atoms with E-state index in [-0.39, 0.29) is 31.2 Å². The van der Waals surface area contributed by atoms with E-state index in [9.17, 15) is 9.59 Å². The van der Waals surface area contributed by atoms with Gasteiger partial charge in [-0.3, -0.25) is 9.59 Å². The molecule has 3 rings (SSSR count). The van der Waals surface area contributed by atoms with Gasteiger partial charge in [-0.2, -0.15) is 5.10 Å². The van der Waals surface area contributed by atoms with Gasteiger partial charge in [0.2, 0.25) is 0 Å². The van der Waals surface area contributed by atoms with Gasteiger partial charge in [-0.25, -0.2) is 4.68 Å². The summed E-state index contributed by atoms with van der Waals surface area (Å²) in [7, 11) is 0. The van der Waals surface area contributed by atoms with Gasteiger partial charge >= 0.3 is 0 Å². The summed E-state index contributed by atoms with van der Waals surface area (Å²) in [6.45, 7) is 3.14. The van der Waals surface area contributed by atoms with Crippen molar-refractivity contribution in [2.75, 3.05) is 19.8 Å². The summed E-state index contributed by atoms with van der Waals surface area (Å²) in [6.07, 6.45) is 0.941. The Morgan fingerprint density at radius 3 is 2.37 bits per heavy atom. The van der Waals surface area contributed by atoms with Gasteiger partial charge in [0.05, 0.1) is 18.8 Å². The van der Waals surface area contributed by atoms with Crippen LogP contribution in [0.4, 0.5) is 0 Å². The molecule has 2 aromatic carbocycles. The summed E-state index contributed by atoms with van der Waals surface area (Å²) in [4.78, 5) is 24.1. The number of aromatic nitrogens is 2. The summed E-state index contributed by atoms with van der Waals surface area (Å²) in [5, 5.41) is 7.11. The Kier molecular flexibility index (Phi) is 7.60. The Balaban J connectivity index is 1.46. The number of ether oxygens (including phenoxy) is 2. The van der Waals surface area contributed by atoms with E-state index in [2.05, 4.69) is 10.4 Å². The molecule has 30 heavy (non-hydrogen) atoms. The molecule has 1 aromatic heterocycles. The molecular weight excluding hydrogens is 382 g/mol. The molecule has 0 saturated heterocycles. The first-order valence-corrected chi connectivity index (χ1v) is 9.91. The molecule has 0 saturated carbocycles. The molecule has 1 heterocycles. The fourth-order valence-corrected chi connectivity index (χ4v) is 2.73. The summed E-state index contributed by atoms with van der Waals surface area (Å²) in [5.74, 6) is 1.08. The number of benzene rings is 2. The second-order valence-electron chi connectivity index (χ2n) is 6.60. The van der Waals surface area contributed by atoms with Crippen LogP contribution in [0.1, 0.15) is 13.3 Å². The van der Waals surface area contributed by atoms with E-state index in [1.54, 1.807) is 30.3 Å². The third-order valence-corrected chi connectivity index (χ3v) is 4.25. The number of hydrogen-bond acceptors (Lipinski definition) is 5. The zero-order valence-electron chi connectivity index (χ0n) is 16.9. The van der Waals surface area contributed by atoms with E-state index < -0.39 is 0 Å². The fraction of sp³-hybridized carbons (Fsp3) is 0.261. The van der Waals surface area contributed by atoms with Crippen molar-refractivity contribution in [3.05, 3.63) is 77.1 Å². The molecule has 0 aliphatic heterocycles. The van der Waals surface area contributed by atoms with Gasteiger partial charge < -0.3 is 14.8 Å². The lowest BCUT2D eigenvalue weighted by Crippen LogP contribution is -2.34. The Morgan fingerprint density at radius 1 is 0.967 bits per heavy atom. The van der Waals surface area contributed by atoms with Crippen LogP contribution < -0.4 is 20.3 Å². The van der Waals surface area contributed by atoms with Crippen LogP contribution in [0, 0.1) is 0 Å². The molecule has 3 aromatic rings. The molecule has 0 atom stereocenters. The number of hydrogen-bond donors (Lipinski definition) is 1. The lowest BCUT2D eigenvalue weighted by molar-refractivity contribution is -0.123. The monoisotopic (exact) mass is 407 g/mol. The summed E-state index contributed by atoms with van der Waals surface area (Å²) in [6, 6.07) is 19.9. The third-order valence-electron chi connectivity index (χ3n) is 4.25. The minimum absolute atomic E-state index is 0.110. The molecular formula is C23H25N3O4. The number of carbonyl (C=O) groups is 1. The molecule has 1 N–H and O–H groups in total. The van der Waals surface area contributed by atoms with Gasteiger partial charge in [0.15, 0.2) is 6.61 Å². The van der Waals surface area contributed by atoms with Gasteiger partial charge in [0.1, 0.15) is 11.5 Å². The largest absolute Gasteiger partial charge is 0.494 e. The zero-order valence-corrected chi connectivity index (χ0v) is 16.9. The van der Waals surface area contributed by atoms with E-state index >= 15 is 0 Å². The van der Waals surface area contributed by atoms with E-state index in [1.165, 1.54) is 10.7 Å². The number of nitrogens with one attached hydrogen (secondary N) is 1. The van der Waals surface area contributed by atoms with Crippen LogP contribution in [0.2, 0.25) is 0 Å². The lowest BCUT2D eigenvalue weighted by atomic mass is 10.1. The van der Waals surface area contributed by atoms with Crippen LogP contribution in [0.15, 0.2) is 71.5 Å². The maximum Gasteiger partial charge on any atom is 0.266 e. The van der Waals surface area contributed by atoms with Gasteiger partial charge in [0.25, 0.3) is 11.5 Å². The van der Waals surface area contributed by atoms with Crippen molar-refractivity contribution in [1.82, 2.24) is 15.1 Å². The topological polar surface area (TPSA) is 82.4 Å². The second kappa shape index (κ2) is 10.8. The van der Waals surface area contributed by atoms with Crippen LogP contribution in [0.25, 0.3) is 11.3 Å². The van der Waals surface area contributed by atoms with Crippen LogP contribution in [0.3, 0.4) is 0 Å². The first-order valence-electron chi connectivity index (χ1n) is 9.91. The van der Waals surface area contributed by atoms with Crippen molar-refractivity contribution in [3.8, 4) is 22.8 Å². The van der Waals surface area contributed by atoms with Crippen molar-refractivity contribution in [1.29, 1.82) is 0 Å². The average Bonchev–Trinajstić information content (AvgIpc) is 2.79. The normalized spacial score (nSPS) is 10.4. The first-order chi connectivity index (χ1) is 14.7. The van der Waals surface area contributed by atoms with Gasteiger partial charge in [0, 0.05) is 18.2 Å². The SMILES string of the molecule is CCCOc1ccc(OCC(=O)NCCn2nc(-c3ccccc3)ccc2=O)cc1. The predicted octanol–water partition coefficient (Wildman–Crippen LogP) is 2.89. The molecule has 0 unspecified atom stereocenters. The highest BCUT2D eigenvalue weighted by Gasteiger charge is 2.06. The molecule has 0 radical (unpaired) electrons. The smallest absolute Gasteiger partial charge is 0.266 e. The van der Waals surface area contributed by atoms with Crippen molar-refractivity contribution in [3.63, 3.8) is 0 Å². The first kappa shape index (κ1) is 21.1. The lowest BCUT2D eigenvalue weighted by Gasteiger charge is -2.10. The molecule has 1 amide bonds. The maximum atomic E-state index is 12.0. The molecule has 156 valence electrons. The maximum absolute atomic E-state index is 12.0. The molecule has 7 heteroatoms. The highest BCUT2D eigenvalue weighted by Crippen LogP contribution is 2.17. The molecule has 0 spiro atoms.